The van der Waals surface area contributed by atoms with E-state index in [4.69, 9.17) is 4.74 Å². The third kappa shape index (κ3) is 3.65. The monoisotopic (exact) mass is 400 g/mol. The molecule has 0 radical (unpaired) electrons. The van der Waals surface area contributed by atoms with Crippen LogP contribution in [0.1, 0.15) is 85.0 Å². The van der Waals surface area contributed by atoms with E-state index in [0.29, 0.717) is 36.2 Å². The molecule has 1 aliphatic heterocycles. The van der Waals surface area contributed by atoms with Crippen LogP contribution in [0.4, 0.5) is 13.2 Å². The molecule has 9 atom stereocenters. The van der Waals surface area contributed by atoms with Gasteiger partial charge in [0.25, 0.3) is 0 Å². The number of hydrogen-bond acceptors (Lipinski definition) is 1. The van der Waals surface area contributed by atoms with Gasteiger partial charge in [-0.2, -0.15) is 13.2 Å². The summed E-state index contributed by atoms with van der Waals surface area (Å²) in [6.07, 6.45) is 7.00. The second-order valence-electron chi connectivity index (χ2n) is 10.5. The molecule has 0 spiro atoms. The highest BCUT2D eigenvalue weighted by atomic mass is 19.4. The lowest BCUT2D eigenvalue weighted by molar-refractivity contribution is -0.196. The van der Waals surface area contributed by atoms with Gasteiger partial charge in [-0.3, -0.25) is 0 Å². The van der Waals surface area contributed by atoms with Crippen molar-refractivity contribution in [1.29, 1.82) is 0 Å². The number of rotatable bonds is 2. The Morgan fingerprint density at radius 2 is 1.61 bits per heavy atom. The predicted octanol–water partition coefficient (Wildman–Crippen LogP) is 7.25. The molecule has 0 amide bonds. The van der Waals surface area contributed by atoms with E-state index < -0.39 is 12.1 Å². The van der Waals surface area contributed by atoms with E-state index >= 15 is 0 Å². The maximum atomic E-state index is 13.2. The van der Waals surface area contributed by atoms with Crippen LogP contribution in [0.25, 0.3) is 0 Å². The van der Waals surface area contributed by atoms with Gasteiger partial charge in [-0.25, -0.2) is 0 Å². The fourth-order valence-electron chi connectivity index (χ4n) is 8.17. The fourth-order valence-corrected chi connectivity index (χ4v) is 8.17. The predicted molar refractivity (Wildman–Crippen MR) is 106 cm³/mol. The summed E-state index contributed by atoms with van der Waals surface area (Å²) in [4.78, 5) is 0. The molecule has 1 saturated heterocycles. The Kier molecular flexibility index (Phi) is 5.83. The zero-order valence-corrected chi connectivity index (χ0v) is 17.9. The first-order chi connectivity index (χ1) is 13.4. The van der Waals surface area contributed by atoms with Gasteiger partial charge in [0, 0.05) is 0 Å². The van der Waals surface area contributed by atoms with Gasteiger partial charge >= 0.3 is 6.18 Å². The van der Waals surface area contributed by atoms with Crippen LogP contribution in [0, 0.1) is 46.8 Å². The lowest BCUT2D eigenvalue weighted by Gasteiger charge is -2.56. The summed E-state index contributed by atoms with van der Waals surface area (Å²) in [5.74, 6) is 3.06. The van der Waals surface area contributed by atoms with Gasteiger partial charge < -0.3 is 4.74 Å². The molecule has 0 bridgehead atoms. The molecule has 1 nitrogen and oxygen atoms in total. The van der Waals surface area contributed by atoms with Crippen LogP contribution >= 0.6 is 0 Å². The first-order valence-corrected chi connectivity index (χ1v) is 12.0. The molecule has 4 saturated carbocycles. The topological polar surface area (TPSA) is 12.5 Å². The van der Waals surface area contributed by atoms with Gasteiger partial charge in [-0.05, 0) is 105 Å². The lowest BCUT2D eigenvalue weighted by atomic mass is 9.49. The minimum absolute atomic E-state index is 0.345. The van der Waals surface area contributed by atoms with Gasteiger partial charge in [-0.1, -0.05) is 20.8 Å². The molecular weight excluding hydrogens is 361 g/mol. The number of fused-ring (bicyclic) bond motifs is 5. The van der Waals surface area contributed by atoms with Crippen molar-refractivity contribution in [2.75, 3.05) is 6.61 Å². The number of ether oxygens (including phenoxy) is 1. The van der Waals surface area contributed by atoms with Crippen LogP contribution in [0.2, 0.25) is 0 Å². The van der Waals surface area contributed by atoms with Crippen molar-refractivity contribution in [3.63, 3.8) is 0 Å². The van der Waals surface area contributed by atoms with Crippen LogP contribution in [0.3, 0.4) is 0 Å². The number of hydrogen-bond donors (Lipinski definition) is 0. The maximum Gasteiger partial charge on any atom is 0.391 e. The number of epoxide rings is 1. The Hall–Kier alpha value is -0.250. The summed E-state index contributed by atoms with van der Waals surface area (Å²) in [6, 6.07) is 0. The van der Waals surface area contributed by atoms with Crippen molar-refractivity contribution in [3.8, 4) is 0 Å². The Bertz CT molecular complexity index is 542. The zero-order valence-electron chi connectivity index (χ0n) is 17.9. The molecule has 162 valence electrons. The lowest BCUT2D eigenvalue weighted by Crippen LogP contribution is -2.49. The van der Waals surface area contributed by atoms with Gasteiger partial charge in [-0.15, -0.1) is 0 Å². The van der Waals surface area contributed by atoms with E-state index in [1.165, 1.54) is 38.5 Å². The van der Waals surface area contributed by atoms with Crippen molar-refractivity contribution in [1.82, 2.24) is 0 Å². The van der Waals surface area contributed by atoms with E-state index in [2.05, 4.69) is 6.92 Å². The summed E-state index contributed by atoms with van der Waals surface area (Å²) in [5.41, 5.74) is 0.475. The molecule has 4 aliphatic carbocycles. The maximum absolute atomic E-state index is 13.2. The minimum Gasteiger partial charge on any atom is -0.373 e. The molecule has 5 fully saturated rings. The van der Waals surface area contributed by atoms with Gasteiger partial charge in [0.15, 0.2) is 0 Å². The average molecular weight is 401 g/mol. The standard InChI is InChI=1S/C22H33F3O.C2H6/c1-21-9-8-18-17-6-3-15(22(23,24)25)10-13(17)2-5-19(18)20(21)7-4-14(21)11-16-12-26-16;1-2/h13-20H,2-12H2,1H3;1-2H3/t13?,14?,15-,16?,17-,18?,19?,20?,21+;/m0./s1. The Balaban J connectivity index is 0.000000932. The van der Waals surface area contributed by atoms with Crippen LogP contribution < -0.4 is 0 Å². The van der Waals surface area contributed by atoms with E-state index in [-0.39, 0.29) is 0 Å². The molecular formula is C24H39F3O. The molecule has 4 heteroatoms. The molecule has 0 aromatic heterocycles. The van der Waals surface area contributed by atoms with E-state index in [1.54, 1.807) is 0 Å². The zero-order chi connectivity index (χ0) is 20.1. The van der Waals surface area contributed by atoms with Crippen molar-refractivity contribution >= 4 is 0 Å². The molecule has 5 aliphatic rings. The first kappa shape index (κ1) is 21.0. The highest BCUT2D eigenvalue weighted by Crippen LogP contribution is 2.65. The first-order valence-electron chi connectivity index (χ1n) is 12.0. The van der Waals surface area contributed by atoms with Crippen molar-refractivity contribution in [2.45, 2.75) is 97.3 Å². The molecule has 1 heterocycles. The SMILES string of the molecule is CC.C[C@]12CCC3C(CCC4C[C@@H](C(F)(F)F)CC[C@@H]43)C1CCC2CC1CO1. The van der Waals surface area contributed by atoms with Crippen molar-refractivity contribution in [2.24, 2.45) is 46.8 Å². The Morgan fingerprint density at radius 3 is 2.29 bits per heavy atom. The quantitative estimate of drug-likeness (QED) is 0.445. The summed E-state index contributed by atoms with van der Waals surface area (Å²) in [5, 5.41) is 0. The molecule has 0 aromatic rings. The van der Waals surface area contributed by atoms with Gasteiger partial charge in [0.2, 0.25) is 0 Å². The minimum atomic E-state index is -3.98. The van der Waals surface area contributed by atoms with Crippen LogP contribution in [-0.4, -0.2) is 18.9 Å². The van der Waals surface area contributed by atoms with Crippen LogP contribution in [-0.2, 0) is 4.74 Å². The third-order valence-electron chi connectivity index (χ3n) is 9.56. The van der Waals surface area contributed by atoms with Crippen molar-refractivity contribution in [3.05, 3.63) is 0 Å². The molecule has 6 unspecified atom stereocenters. The van der Waals surface area contributed by atoms with Crippen LogP contribution in [0.5, 0.6) is 0 Å². The van der Waals surface area contributed by atoms with Gasteiger partial charge in [0.05, 0.1) is 18.6 Å². The number of alkyl halides is 3. The van der Waals surface area contributed by atoms with Gasteiger partial charge in [0.1, 0.15) is 0 Å². The second kappa shape index (κ2) is 7.78. The smallest absolute Gasteiger partial charge is 0.373 e. The Labute approximate surface area is 169 Å². The van der Waals surface area contributed by atoms with E-state index in [1.807, 2.05) is 13.8 Å². The highest BCUT2D eigenvalue weighted by Gasteiger charge is 2.58. The van der Waals surface area contributed by atoms with E-state index in [0.717, 1.165) is 43.1 Å². The summed E-state index contributed by atoms with van der Waals surface area (Å²) in [7, 11) is 0. The van der Waals surface area contributed by atoms with Crippen molar-refractivity contribution < 1.29 is 17.9 Å². The summed E-state index contributed by atoms with van der Waals surface area (Å²) < 4.78 is 45.1. The number of halogens is 3. The summed E-state index contributed by atoms with van der Waals surface area (Å²) in [6.45, 7) is 7.51. The highest BCUT2D eigenvalue weighted by molar-refractivity contribution is 5.06. The molecule has 0 aromatic carbocycles. The average Bonchev–Trinajstić information content (AvgIpc) is 3.44. The second-order valence-corrected chi connectivity index (χ2v) is 10.5. The normalized spacial score (nSPS) is 49.9. The van der Waals surface area contributed by atoms with Crippen LogP contribution in [0.15, 0.2) is 0 Å². The molecule has 28 heavy (non-hydrogen) atoms. The fraction of sp³-hybridized carbons (Fsp3) is 1.00. The Morgan fingerprint density at radius 1 is 0.893 bits per heavy atom. The third-order valence-corrected chi connectivity index (χ3v) is 9.56. The molecule has 0 N–H and O–H groups in total. The molecule has 5 rings (SSSR count). The van der Waals surface area contributed by atoms with E-state index in [9.17, 15) is 13.2 Å². The largest absolute Gasteiger partial charge is 0.391 e. The summed E-state index contributed by atoms with van der Waals surface area (Å²) >= 11 is 0.